The summed E-state index contributed by atoms with van der Waals surface area (Å²) in [6, 6.07) is 22.8. The van der Waals surface area contributed by atoms with Crippen LogP contribution in [-0.4, -0.2) is 6.61 Å². The third kappa shape index (κ3) is 6.12. The van der Waals surface area contributed by atoms with E-state index >= 15 is 0 Å². The Labute approximate surface area is 204 Å². The van der Waals surface area contributed by atoms with Crippen LogP contribution in [0.1, 0.15) is 56.1 Å². The summed E-state index contributed by atoms with van der Waals surface area (Å²) in [5, 5.41) is 0. The second-order valence-electron chi connectivity index (χ2n) is 9.26. The van der Waals surface area contributed by atoms with Crippen molar-refractivity contribution in [3.63, 3.8) is 0 Å². The number of rotatable bonds is 9. The zero-order valence-corrected chi connectivity index (χ0v) is 20.2. The van der Waals surface area contributed by atoms with Crippen LogP contribution in [0.15, 0.2) is 91.5 Å². The number of ether oxygens (including phenoxy) is 1. The number of allylic oxidation sites excluding steroid dienone is 2. The summed E-state index contributed by atoms with van der Waals surface area (Å²) in [6.07, 6.45) is 12.7. The van der Waals surface area contributed by atoms with Crippen molar-refractivity contribution >= 4 is 0 Å². The summed E-state index contributed by atoms with van der Waals surface area (Å²) in [7, 11) is 0. The van der Waals surface area contributed by atoms with Crippen molar-refractivity contribution in [3.8, 4) is 22.3 Å². The fourth-order valence-corrected chi connectivity index (χ4v) is 4.87. The van der Waals surface area contributed by atoms with Gasteiger partial charge in [0.2, 0.25) is 0 Å². The lowest BCUT2D eigenvalue weighted by Gasteiger charge is -2.27. The SMILES string of the molecule is C=CCOCc1ccc(-c2ccc(-c3ccc(C4CCC(C=CCC)CC4)cc3)cc2)cc1F. The second kappa shape index (κ2) is 11.9. The molecule has 3 aromatic rings. The molecular weight excluding hydrogens is 419 g/mol. The van der Waals surface area contributed by atoms with E-state index in [2.05, 4.69) is 74.2 Å². The van der Waals surface area contributed by atoms with Crippen molar-refractivity contribution in [1.29, 1.82) is 0 Å². The molecule has 1 fully saturated rings. The van der Waals surface area contributed by atoms with E-state index in [0.717, 1.165) is 23.5 Å². The molecule has 1 aliphatic carbocycles. The molecule has 1 nitrogen and oxygen atoms in total. The van der Waals surface area contributed by atoms with Gasteiger partial charge in [-0.3, -0.25) is 0 Å². The van der Waals surface area contributed by atoms with E-state index in [-0.39, 0.29) is 12.4 Å². The first-order valence-corrected chi connectivity index (χ1v) is 12.5. The topological polar surface area (TPSA) is 9.23 Å². The highest BCUT2D eigenvalue weighted by molar-refractivity contribution is 5.70. The molecule has 3 aromatic carbocycles. The van der Waals surface area contributed by atoms with Gasteiger partial charge in [-0.1, -0.05) is 85.8 Å². The molecule has 0 aromatic heterocycles. The van der Waals surface area contributed by atoms with E-state index in [1.165, 1.54) is 42.4 Å². The molecule has 0 unspecified atom stereocenters. The van der Waals surface area contributed by atoms with Gasteiger partial charge in [0, 0.05) is 5.56 Å². The molecule has 34 heavy (non-hydrogen) atoms. The van der Waals surface area contributed by atoms with Gasteiger partial charge in [0.1, 0.15) is 5.82 Å². The Morgan fingerprint density at radius 3 is 2.03 bits per heavy atom. The quantitative estimate of drug-likeness (QED) is 0.231. The third-order valence-corrected chi connectivity index (χ3v) is 6.90. The zero-order chi connectivity index (χ0) is 23.8. The van der Waals surface area contributed by atoms with E-state index in [0.29, 0.717) is 18.1 Å². The number of halogens is 1. The van der Waals surface area contributed by atoms with Crippen LogP contribution in [0.3, 0.4) is 0 Å². The molecule has 0 aliphatic heterocycles. The van der Waals surface area contributed by atoms with Crippen molar-refractivity contribution < 1.29 is 9.13 Å². The van der Waals surface area contributed by atoms with Crippen molar-refractivity contribution in [3.05, 3.63) is 108 Å². The number of benzene rings is 3. The molecule has 0 amide bonds. The molecule has 1 aliphatic rings. The highest BCUT2D eigenvalue weighted by Crippen LogP contribution is 2.37. The maximum atomic E-state index is 14.5. The summed E-state index contributed by atoms with van der Waals surface area (Å²) in [6.45, 7) is 6.49. The first-order chi connectivity index (χ1) is 16.7. The van der Waals surface area contributed by atoms with E-state index < -0.39 is 0 Å². The lowest BCUT2D eigenvalue weighted by Crippen LogP contribution is -2.11. The Hall–Kier alpha value is -2.97. The molecule has 0 spiro atoms. The monoisotopic (exact) mass is 454 g/mol. The molecule has 1 saturated carbocycles. The van der Waals surface area contributed by atoms with Crippen LogP contribution >= 0.6 is 0 Å². The highest BCUT2D eigenvalue weighted by atomic mass is 19.1. The first-order valence-electron chi connectivity index (χ1n) is 12.5. The van der Waals surface area contributed by atoms with Crippen LogP contribution in [-0.2, 0) is 11.3 Å². The lowest BCUT2D eigenvalue weighted by molar-refractivity contribution is 0.146. The number of hydrogen-bond donors (Lipinski definition) is 0. The van der Waals surface area contributed by atoms with E-state index in [1.807, 2.05) is 6.07 Å². The van der Waals surface area contributed by atoms with E-state index in [4.69, 9.17) is 4.74 Å². The predicted molar refractivity (Wildman–Crippen MR) is 141 cm³/mol. The van der Waals surface area contributed by atoms with E-state index in [1.54, 1.807) is 18.2 Å². The van der Waals surface area contributed by atoms with Crippen molar-refractivity contribution in [2.45, 2.75) is 51.6 Å². The maximum absolute atomic E-state index is 14.5. The highest BCUT2D eigenvalue weighted by Gasteiger charge is 2.20. The fourth-order valence-electron chi connectivity index (χ4n) is 4.87. The number of hydrogen-bond acceptors (Lipinski definition) is 1. The van der Waals surface area contributed by atoms with Crippen molar-refractivity contribution in [2.24, 2.45) is 5.92 Å². The Morgan fingerprint density at radius 1 is 0.853 bits per heavy atom. The summed E-state index contributed by atoms with van der Waals surface area (Å²) in [5.74, 6) is 1.21. The minimum Gasteiger partial charge on any atom is -0.373 e. The van der Waals surface area contributed by atoms with Gasteiger partial charge in [0.25, 0.3) is 0 Å². The predicted octanol–water partition coefficient (Wildman–Crippen LogP) is 9.10. The minimum absolute atomic E-state index is 0.239. The average Bonchev–Trinajstić information content (AvgIpc) is 2.89. The van der Waals surface area contributed by atoms with Gasteiger partial charge >= 0.3 is 0 Å². The molecule has 4 rings (SSSR count). The molecule has 0 N–H and O–H groups in total. The van der Waals surface area contributed by atoms with Crippen LogP contribution < -0.4 is 0 Å². The molecular formula is C32H35FO. The van der Waals surface area contributed by atoms with Crippen LogP contribution in [0.4, 0.5) is 4.39 Å². The van der Waals surface area contributed by atoms with Gasteiger partial charge < -0.3 is 4.74 Å². The lowest BCUT2D eigenvalue weighted by atomic mass is 9.78. The molecule has 0 radical (unpaired) electrons. The Balaban J connectivity index is 1.39. The van der Waals surface area contributed by atoms with E-state index in [9.17, 15) is 4.39 Å². The molecule has 0 heterocycles. The third-order valence-electron chi connectivity index (χ3n) is 6.90. The van der Waals surface area contributed by atoms with Gasteiger partial charge in [-0.25, -0.2) is 4.39 Å². The fraction of sp³-hybridized carbons (Fsp3) is 0.312. The van der Waals surface area contributed by atoms with Crippen LogP contribution in [0.5, 0.6) is 0 Å². The standard InChI is InChI=1S/C32H35FO/c1-3-5-6-24-7-9-25(10-8-24)26-11-13-27(14-12-26)28-15-17-29(18-16-28)30-19-20-31(32(33)22-30)23-34-21-4-2/h4-6,11-20,22,24-25H,2-3,7-10,21,23H2,1H3. The molecule has 0 atom stereocenters. The van der Waals surface area contributed by atoms with Crippen LogP contribution in [0.2, 0.25) is 0 Å². The molecule has 2 heteroatoms. The van der Waals surface area contributed by atoms with Crippen molar-refractivity contribution in [2.75, 3.05) is 6.61 Å². The van der Waals surface area contributed by atoms with Gasteiger partial charge in [-0.2, -0.15) is 0 Å². The Morgan fingerprint density at radius 2 is 1.44 bits per heavy atom. The summed E-state index contributed by atoms with van der Waals surface area (Å²) in [4.78, 5) is 0. The largest absolute Gasteiger partial charge is 0.373 e. The summed E-state index contributed by atoms with van der Waals surface area (Å²) < 4.78 is 19.8. The normalized spacial score (nSPS) is 18.3. The molecule has 176 valence electrons. The zero-order valence-electron chi connectivity index (χ0n) is 20.2. The van der Waals surface area contributed by atoms with Gasteiger partial charge in [0.05, 0.1) is 13.2 Å². The maximum Gasteiger partial charge on any atom is 0.129 e. The van der Waals surface area contributed by atoms with Crippen molar-refractivity contribution in [1.82, 2.24) is 0 Å². The summed E-state index contributed by atoms with van der Waals surface area (Å²) in [5.41, 5.74) is 6.30. The van der Waals surface area contributed by atoms with Crippen LogP contribution in [0, 0.1) is 11.7 Å². The van der Waals surface area contributed by atoms with Gasteiger partial charge in [0.15, 0.2) is 0 Å². The summed E-state index contributed by atoms with van der Waals surface area (Å²) >= 11 is 0. The smallest absolute Gasteiger partial charge is 0.129 e. The molecule has 0 saturated heterocycles. The Bertz CT molecular complexity index is 1090. The van der Waals surface area contributed by atoms with Gasteiger partial charge in [-0.15, -0.1) is 6.58 Å². The minimum atomic E-state index is -0.239. The molecule has 0 bridgehead atoms. The Kier molecular flexibility index (Phi) is 8.49. The van der Waals surface area contributed by atoms with Crippen LogP contribution in [0.25, 0.3) is 22.3 Å². The second-order valence-corrected chi connectivity index (χ2v) is 9.26. The average molecular weight is 455 g/mol. The first kappa shape index (κ1) is 24.2. The van der Waals surface area contributed by atoms with Gasteiger partial charge in [-0.05, 0) is 77.8 Å².